The summed E-state index contributed by atoms with van der Waals surface area (Å²) in [5.74, 6) is -0.639. The Hall–Kier alpha value is -4.83. The molecular formula is C38H28N2O2S2. The standard InChI is InChI=1S/C38H28N2O2S2/c1-4-42-37(41)29(22-39)34-26-15-7-8-16-27(26)35(43)28(34)20-24-21-31-36(44-24)40(33-18-10-9-17-30(33)38(31,2)3)32-19-11-13-23-12-5-6-14-25(23)32/h5-21H,4H2,1-3H3/b28-20-,34-29?. The summed E-state index contributed by atoms with van der Waals surface area (Å²) < 4.78 is 5.29. The summed E-state index contributed by atoms with van der Waals surface area (Å²) in [7, 11) is 0. The maximum Gasteiger partial charge on any atom is 0.349 e. The van der Waals surface area contributed by atoms with Crippen LogP contribution in [0.1, 0.15) is 47.9 Å². The first-order chi connectivity index (χ1) is 21.3. The summed E-state index contributed by atoms with van der Waals surface area (Å²) in [6.07, 6.45) is 2.04. The molecule has 2 heterocycles. The molecule has 4 nitrogen and oxygen atoms in total. The second-order valence-corrected chi connectivity index (χ2v) is 12.8. The number of thiophene rings is 1. The van der Waals surface area contributed by atoms with Gasteiger partial charge >= 0.3 is 5.97 Å². The molecule has 0 fully saturated rings. The predicted octanol–water partition coefficient (Wildman–Crippen LogP) is 9.67. The van der Waals surface area contributed by atoms with Gasteiger partial charge in [-0.25, -0.2) is 4.79 Å². The van der Waals surface area contributed by atoms with Crippen LogP contribution in [0.4, 0.5) is 16.4 Å². The van der Waals surface area contributed by atoms with Crippen LogP contribution in [0.25, 0.3) is 22.4 Å². The van der Waals surface area contributed by atoms with Crippen molar-refractivity contribution in [3.8, 4) is 6.07 Å². The van der Waals surface area contributed by atoms with Crippen LogP contribution in [-0.2, 0) is 14.9 Å². The fourth-order valence-corrected chi connectivity index (χ4v) is 8.07. The van der Waals surface area contributed by atoms with Crippen LogP contribution >= 0.6 is 23.6 Å². The normalized spacial score (nSPS) is 16.7. The van der Waals surface area contributed by atoms with Crippen molar-refractivity contribution in [2.45, 2.75) is 26.2 Å². The second kappa shape index (κ2) is 10.7. The lowest BCUT2D eigenvalue weighted by Gasteiger charge is -2.40. The number of hydrogen-bond acceptors (Lipinski definition) is 6. The summed E-state index contributed by atoms with van der Waals surface area (Å²) in [5.41, 5.74) is 7.27. The lowest BCUT2D eigenvalue weighted by Crippen LogP contribution is -2.29. The molecule has 1 aliphatic carbocycles. The van der Waals surface area contributed by atoms with E-state index < -0.39 is 5.97 Å². The number of hydrogen-bond donors (Lipinski definition) is 0. The zero-order valence-electron chi connectivity index (χ0n) is 24.5. The molecule has 1 aromatic heterocycles. The number of para-hydroxylation sites is 1. The number of carbonyl (C=O) groups excluding carboxylic acids is 1. The zero-order valence-corrected chi connectivity index (χ0v) is 26.2. The summed E-state index contributed by atoms with van der Waals surface area (Å²) in [6, 6.07) is 35.6. The molecule has 0 radical (unpaired) electrons. The van der Waals surface area contributed by atoms with Crippen LogP contribution in [0.2, 0.25) is 0 Å². The SMILES string of the molecule is CCOC(=O)C(C#N)=C1/C(=C/c2cc3c(s2)N(c2cccc4ccccc24)c2ccccc2C3(C)C)C(=S)c2ccccc21. The average Bonchev–Trinajstić information content (AvgIpc) is 3.58. The van der Waals surface area contributed by atoms with Crippen molar-refractivity contribution < 1.29 is 9.53 Å². The summed E-state index contributed by atoms with van der Waals surface area (Å²) in [4.78, 5) is 17.0. The van der Waals surface area contributed by atoms with Crippen LogP contribution in [0.3, 0.4) is 0 Å². The van der Waals surface area contributed by atoms with E-state index in [-0.39, 0.29) is 17.6 Å². The van der Waals surface area contributed by atoms with E-state index in [9.17, 15) is 10.1 Å². The Kier molecular flexibility index (Phi) is 6.81. The number of nitriles is 1. The first-order valence-electron chi connectivity index (χ1n) is 14.5. The van der Waals surface area contributed by atoms with Crippen LogP contribution in [0, 0.1) is 11.3 Å². The highest BCUT2D eigenvalue weighted by Crippen LogP contribution is 2.56. The van der Waals surface area contributed by atoms with Crippen LogP contribution in [-0.4, -0.2) is 17.4 Å². The largest absolute Gasteiger partial charge is 0.462 e. The van der Waals surface area contributed by atoms with Crippen molar-refractivity contribution in [2.75, 3.05) is 11.5 Å². The van der Waals surface area contributed by atoms with Crippen LogP contribution in [0.15, 0.2) is 108 Å². The highest BCUT2D eigenvalue weighted by atomic mass is 32.1. The van der Waals surface area contributed by atoms with Gasteiger partial charge in [0.15, 0.2) is 0 Å². The number of nitrogens with zero attached hydrogens (tertiary/aromatic N) is 2. The minimum Gasteiger partial charge on any atom is -0.462 e. The van der Waals surface area contributed by atoms with E-state index in [1.807, 2.05) is 30.3 Å². The molecule has 214 valence electrons. The molecule has 0 unspecified atom stereocenters. The Morgan fingerprint density at radius 1 is 0.932 bits per heavy atom. The van der Waals surface area contributed by atoms with E-state index in [0.29, 0.717) is 16.0 Å². The molecule has 4 aromatic carbocycles. The van der Waals surface area contributed by atoms with Gasteiger partial charge in [0.2, 0.25) is 0 Å². The van der Waals surface area contributed by atoms with Crippen LogP contribution < -0.4 is 4.90 Å². The number of rotatable bonds is 4. The van der Waals surface area contributed by atoms with Gasteiger partial charge in [0.1, 0.15) is 16.6 Å². The van der Waals surface area contributed by atoms with Crippen molar-refractivity contribution in [1.82, 2.24) is 0 Å². The number of carbonyl (C=O) groups is 1. The number of esters is 1. The molecule has 5 aromatic rings. The summed E-state index contributed by atoms with van der Waals surface area (Å²) in [6.45, 7) is 6.45. The quantitative estimate of drug-likeness (QED) is 0.0880. The highest BCUT2D eigenvalue weighted by molar-refractivity contribution is 7.81. The molecule has 0 spiro atoms. The number of benzene rings is 4. The molecule has 2 aliphatic rings. The molecule has 0 saturated carbocycles. The minimum atomic E-state index is -0.639. The third kappa shape index (κ3) is 4.23. The molecule has 0 amide bonds. The Bertz CT molecular complexity index is 2120. The van der Waals surface area contributed by atoms with E-state index in [1.54, 1.807) is 18.3 Å². The monoisotopic (exact) mass is 608 g/mol. The molecular weight excluding hydrogens is 581 g/mol. The summed E-state index contributed by atoms with van der Waals surface area (Å²) in [5, 5.41) is 13.6. The van der Waals surface area contributed by atoms with E-state index in [4.69, 9.17) is 17.0 Å². The molecule has 0 saturated heterocycles. The van der Waals surface area contributed by atoms with Gasteiger partial charge < -0.3 is 9.64 Å². The number of allylic oxidation sites excluding steroid dienone is 2. The van der Waals surface area contributed by atoms with Gasteiger partial charge in [0.05, 0.1) is 22.8 Å². The molecule has 0 atom stereocenters. The number of fused-ring (bicyclic) bond motifs is 4. The van der Waals surface area contributed by atoms with Gasteiger partial charge in [-0.1, -0.05) is 105 Å². The molecule has 0 N–H and O–H groups in total. The number of anilines is 3. The second-order valence-electron chi connectivity index (χ2n) is 11.4. The third-order valence-corrected chi connectivity index (χ3v) is 10.0. The lowest BCUT2D eigenvalue weighted by molar-refractivity contribution is -0.137. The van der Waals surface area contributed by atoms with Crippen molar-refractivity contribution in [1.29, 1.82) is 5.26 Å². The zero-order chi connectivity index (χ0) is 30.6. The van der Waals surface area contributed by atoms with Gasteiger partial charge in [-0.3, -0.25) is 0 Å². The van der Waals surface area contributed by atoms with Crippen molar-refractivity contribution >= 4 is 73.2 Å². The molecule has 1 aliphatic heterocycles. The maximum absolute atomic E-state index is 13.0. The fraction of sp³-hybridized carbons (Fsp3) is 0.132. The molecule has 7 rings (SSSR count). The fourth-order valence-electron chi connectivity index (χ4n) is 6.44. The smallest absolute Gasteiger partial charge is 0.349 e. The minimum absolute atomic E-state index is 0.0307. The van der Waals surface area contributed by atoms with Gasteiger partial charge in [-0.05, 0) is 53.3 Å². The van der Waals surface area contributed by atoms with Gasteiger partial charge in [-0.2, -0.15) is 5.26 Å². The van der Waals surface area contributed by atoms with Gasteiger partial charge in [0, 0.05) is 32.4 Å². The number of thiocarbonyl (C=S) groups is 1. The molecule has 6 heteroatoms. The van der Waals surface area contributed by atoms with Gasteiger partial charge in [0.25, 0.3) is 0 Å². The Morgan fingerprint density at radius 2 is 1.61 bits per heavy atom. The van der Waals surface area contributed by atoms with Gasteiger partial charge in [-0.15, -0.1) is 11.3 Å². The third-order valence-electron chi connectivity index (χ3n) is 8.52. The Balaban J connectivity index is 1.47. The maximum atomic E-state index is 13.0. The average molecular weight is 609 g/mol. The Morgan fingerprint density at radius 3 is 2.41 bits per heavy atom. The van der Waals surface area contributed by atoms with E-state index >= 15 is 0 Å². The topological polar surface area (TPSA) is 53.3 Å². The first kappa shape index (κ1) is 28.0. The van der Waals surface area contributed by atoms with Crippen LogP contribution in [0.5, 0.6) is 0 Å². The number of ether oxygens (including phenoxy) is 1. The molecule has 0 bridgehead atoms. The summed E-state index contributed by atoms with van der Waals surface area (Å²) >= 11 is 7.67. The van der Waals surface area contributed by atoms with Crippen molar-refractivity contribution in [2.24, 2.45) is 0 Å². The van der Waals surface area contributed by atoms with E-state index in [1.165, 1.54) is 21.9 Å². The Labute approximate surface area is 266 Å². The van der Waals surface area contributed by atoms with Crippen molar-refractivity contribution in [3.05, 3.63) is 135 Å². The van der Waals surface area contributed by atoms with Crippen molar-refractivity contribution in [3.63, 3.8) is 0 Å². The predicted molar refractivity (Wildman–Crippen MR) is 184 cm³/mol. The molecule has 44 heavy (non-hydrogen) atoms. The first-order valence-corrected chi connectivity index (χ1v) is 15.8. The van der Waals surface area contributed by atoms with E-state index in [2.05, 4.69) is 97.6 Å². The highest BCUT2D eigenvalue weighted by Gasteiger charge is 2.39. The van der Waals surface area contributed by atoms with E-state index in [0.717, 1.165) is 32.4 Å². The lowest BCUT2D eigenvalue weighted by atomic mass is 9.75.